The summed E-state index contributed by atoms with van der Waals surface area (Å²) in [6, 6.07) is 14.0. The van der Waals surface area contributed by atoms with E-state index in [4.69, 9.17) is 9.47 Å². The van der Waals surface area contributed by atoms with Crippen LogP contribution in [0, 0.1) is 0 Å². The number of para-hydroxylation sites is 2. The molecule has 0 aliphatic rings. The van der Waals surface area contributed by atoms with Crippen molar-refractivity contribution in [2.75, 3.05) is 30.4 Å². The van der Waals surface area contributed by atoms with E-state index < -0.39 is 0 Å². The average molecular weight is 382 g/mol. The van der Waals surface area contributed by atoms with Gasteiger partial charge in [-0.15, -0.1) is 0 Å². The Morgan fingerprint density at radius 1 is 1.07 bits per heavy atom. The van der Waals surface area contributed by atoms with Crippen molar-refractivity contribution in [1.29, 1.82) is 0 Å². The predicted molar refractivity (Wildman–Crippen MR) is 111 cm³/mol. The summed E-state index contributed by atoms with van der Waals surface area (Å²) < 4.78 is 10.8. The molecule has 2 N–H and O–H groups in total. The highest BCUT2D eigenvalue weighted by Crippen LogP contribution is 2.24. The molecule has 0 saturated heterocycles. The summed E-state index contributed by atoms with van der Waals surface area (Å²) in [7, 11) is 0. The van der Waals surface area contributed by atoms with Gasteiger partial charge in [0, 0.05) is 5.69 Å². The molecule has 2 aromatic rings. The Labute approximate surface area is 165 Å². The second-order valence-corrected chi connectivity index (χ2v) is 6.36. The van der Waals surface area contributed by atoms with E-state index in [2.05, 4.69) is 17.2 Å². The van der Waals surface area contributed by atoms with Gasteiger partial charge in [0.2, 0.25) is 5.91 Å². The van der Waals surface area contributed by atoms with Crippen LogP contribution in [0.4, 0.5) is 11.4 Å². The molecular formula is C22H26N2O4. The number of nitrogens with one attached hydrogen (secondary N) is 2. The molecule has 0 heterocycles. The van der Waals surface area contributed by atoms with Crippen molar-refractivity contribution in [1.82, 2.24) is 0 Å². The lowest BCUT2D eigenvalue weighted by molar-refractivity contribution is -0.114. The molecule has 0 radical (unpaired) electrons. The van der Waals surface area contributed by atoms with Gasteiger partial charge >= 0.3 is 5.97 Å². The predicted octanol–water partition coefficient (Wildman–Crippen LogP) is 4.26. The lowest BCUT2D eigenvalue weighted by Gasteiger charge is -2.13. The first-order valence-electron chi connectivity index (χ1n) is 9.16. The van der Waals surface area contributed by atoms with E-state index in [1.54, 1.807) is 24.3 Å². The van der Waals surface area contributed by atoms with Crippen molar-refractivity contribution in [2.45, 2.75) is 20.3 Å². The fraction of sp³-hybridized carbons (Fsp3) is 0.273. The largest absolute Gasteiger partial charge is 0.487 e. The summed E-state index contributed by atoms with van der Waals surface area (Å²) >= 11 is 0. The number of carbonyl (C=O) groups excluding carboxylic acids is 2. The SMILES string of the molecule is C=C(C)COc1ccccc1NCC(=O)Nc1ccc(C(=O)OCCC)cc1. The van der Waals surface area contributed by atoms with Crippen molar-refractivity contribution in [2.24, 2.45) is 0 Å². The Kier molecular flexibility index (Phi) is 8.09. The molecule has 28 heavy (non-hydrogen) atoms. The minimum absolute atomic E-state index is 0.0771. The van der Waals surface area contributed by atoms with Crippen molar-refractivity contribution >= 4 is 23.3 Å². The lowest BCUT2D eigenvalue weighted by Crippen LogP contribution is -2.22. The zero-order valence-electron chi connectivity index (χ0n) is 16.3. The van der Waals surface area contributed by atoms with Crippen LogP contribution in [0.5, 0.6) is 5.75 Å². The van der Waals surface area contributed by atoms with Crippen LogP contribution in [0.1, 0.15) is 30.6 Å². The van der Waals surface area contributed by atoms with Crippen LogP contribution in [0.2, 0.25) is 0 Å². The van der Waals surface area contributed by atoms with E-state index >= 15 is 0 Å². The summed E-state index contributed by atoms with van der Waals surface area (Å²) in [5.41, 5.74) is 2.70. The number of amides is 1. The van der Waals surface area contributed by atoms with E-state index in [9.17, 15) is 9.59 Å². The van der Waals surface area contributed by atoms with E-state index in [-0.39, 0.29) is 18.4 Å². The Morgan fingerprint density at radius 2 is 1.79 bits per heavy atom. The highest BCUT2D eigenvalue weighted by atomic mass is 16.5. The third-order valence-corrected chi connectivity index (χ3v) is 3.64. The molecule has 0 spiro atoms. The molecule has 6 heteroatoms. The van der Waals surface area contributed by atoms with Gasteiger partial charge in [0.15, 0.2) is 0 Å². The maximum atomic E-state index is 12.2. The molecule has 0 aliphatic heterocycles. The average Bonchev–Trinajstić information content (AvgIpc) is 2.70. The number of esters is 1. The first-order valence-corrected chi connectivity index (χ1v) is 9.16. The van der Waals surface area contributed by atoms with Gasteiger partial charge in [-0.1, -0.05) is 25.6 Å². The van der Waals surface area contributed by atoms with Crippen molar-refractivity contribution in [3.63, 3.8) is 0 Å². The second-order valence-electron chi connectivity index (χ2n) is 6.36. The van der Waals surface area contributed by atoms with Crippen molar-refractivity contribution in [3.8, 4) is 5.75 Å². The molecule has 0 aliphatic carbocycles. The van der Waals surface area contributed by atoms with Gasteiger partial charge in [-0.2, -0.15) is 0 Å². The first-order chi connectivity index (χ1) is 13.5. The van der Waals surface area contributed by atoms with E-state index in [0.717, 1.165) is 17.7 Å². The minimum Gasteiger partial charge on any atom is -0.487 e. The fourth-order valence-corrected chi connectivity index (χ4v) is 2.29. The summed E-state index contributed by atoms with van der Waals surface area (Å²) in [4.78, 5) is 24.0. The van der Waals surface area contributed by atoms with Crippen molar-refractivity contribution < 1.29 is 19.1 Å². The molecule has 0 aromatic heterocycles. The molecule has 0 bridgehead atoms. The lowest BCUT2D eigenvalue weighted by atomic mass is 10.2. The smallest absolute Gasteiger partial charge is 0.338 e. The van der Waals surface area contributed by atoms with E-state index in [1.807, 2.05) is 38.1 Å². The number of hydrogen-bond acceptors (Lipinski definition) is 5. The topological polar surface area (TPSA) is 76.7 Å². The van der Waals surface area contributed by atoms with Gasteiger partial charge in [-0.25, -0.2) is 4.79 Å². The Morgan fingerprint density at radius 3 is 2.46 bits per heavy atom. The number of benzene rings is 2. The van der Waals surface area contributed by atoms with Crippen LogP contribution in [0.25, 0.3) is 0 Å². The maximum absolute atomic E-state index is 12.2. The van der Waals surface area contributed by atoms with Gasteiger partial charge in [0.05, 0.1) is 24.4 Å². The highest BCUT2D eigenvalue weighted by molar-refractivity contribution is 5.95. The monoisotopic (exact) mass is 382 g/mol. The summed E-state index contributed by atoms with van der Waals surface area (Å²) in [6.45, 7) is 8.52. The molecule has 2 aromatic carbocycles. The number of ether oxygens (including phenoxy) is 2. The van der Waals surface area contributed by atoms with E-state index in [0.29, 0.717) is 30.2 Å². The maximum Gasteiger partial charge on any atom is 0.338 e. The molecule has 0 atom stereocenters. The fourth-order valence-electron chi connectivity index (χ4n) is 2.29. The van der Waals surface area contributed by atoms with Crippen LogP contribution < -0.4 is 15.4 Å². The molecular weight excluding hydrogens is 356 g/mol. The molecule has 0 fully saturated rings. The highest BCUT2D eigenvalue weighted by Gasteiger charge is 2.09. The number of rotatable bonds is 10. The van der Waals surface area contributed by atoms with Crippen LogP contribution in [-0.4, -0.2) is 31.6 Å². The van der Waals surface area contributed by atoms with Gasteiger partial charge < -0.3 is 20.1 Å². The zero-order chi connectivity index (χ0) is 20.4. The normalized spacial score (nSPS) is 10.1. The molecule has 2 rings (SSSR count). The Hall–Kier alpha value is -3.28. The summed E-state index contributed by atoms with van der Waals surface area (Å²) in [5.74, 6) is 0.0806. The Balaban J connectivity index is 1.87. The standard InChI is InChI=1S/C22H26N2O4/c1-4-13-27-22(26)17-9-11-18(12-10-17)24-21(25)14-23-19-7-5-6-8-20(19)28-15-16(2)3/h5-12,23H,2,4,13-15H2,1,3H3,(H,24,25). The van der Waals surface area contributed by atoms with Crippen molar-refractivity contribution in [3.05, 3.63) is 66.2 Å². The number of carbonyl (C=O) groups is 2. The molecule has 0 unspecified atom stereocenters. The third kappa shape index (κ3) is 6.79. The minimum atomic E-state index is -0.368. The van der Waals surface area contributed by atoms with Gasteiger partial charge in [0.25, 0.3) is 0 Å². The molecule has 6 nitrogen and oxygen atoms in total. The zero-order valence-corrected chi connectivity index (χ0v) is 16.3. The number of hydrogen-bond donors (Lipinski definition) is 2. The van der Waals surface area contributed by atoms with Crippen LogP contribution in [-0.2, 0) is 9.53 Å². The van der Waals surface area contributed by atoms with Gasteiger partial charge in [0.1, 0.15) is 12.4 Å². The van der Waals surface area contributed by atoms with Gasteiger partial charge in [-0.05, 0) is 55.3 Å². The molecule has 1 amide bonds. The van der Waals surface area contributed by atoms with Crippen LogP contribution in [0.15, 0.2) is 60.7 Å². The number of anilines is 2. The van der Waals surface area contributed by atoms with Gasteiger partial charge in [-0.3, -0.25) is 4.79 Å². The first kappa shape index (κ1) is 21.0. The quantitative estimate of drug-likeness (QED) is 0.474. The Bertz CT molecular complexity index is 816. The summed E-state index contributed by atoms with van der Waals surface area (Å²) in [5, 5.41) is 5.85. The van der Waals surface area contributed by atoms with Crippen LogP contribution in [0.3, 0.4) is 0 Å². The molecule has 0 saturated carbocycles. The molecule has 148 valence electrons. The summed E-state index contributed by atoms with van der Waals surface area (Å²) in [6.07, 6.45) is 0.772. The van der Waals surface area contributed by atoms with Crippen LogP contribution >= 0.6 is 0 Å². The van der Waals surface area contributed by atoms with E-state index in [1.165, 1.54) is 0 Å². The third-order valence-electron chi connectivity index (χ3n) is 3.64. The second kappa shape index (κ2) is 10.8.